The number of likely N-dealkylation sites (tertiary alicyclic amines) is 1. The number of aliphatic imine (C=N–C) groups is 2. The fourth-order valence-corrected chi connectivity index (χ4v) is 4.48. The van der Waals surface area contributed by atoms with E-state index in [0.717, 1.165) is 42.0 Å². The van der Waals surface area contributed by atoms with E-state index in [4.69, 9.17) is 14.7 Å². The first-order valence-electron chi connectivity index (χ1n) is 11.5. The highest BCUT2D eigenvalue weighted by molar-refractivity contribution is 6.17. The van der Waals surface area contributed by atoms with Crippen molar-refractivity contribution in [3.63, 3.8) is 0 Å². The Labute approximate surface area is 194 Å². The molecule has 2 atom stereocenters. The van der Waals surface area contributed by atoms with Gasteiger partial charge in [-0.25, -0.2) is 4.99 Å². The maximum Gasteiger partial charge on any atom is 0.310 e. The molecule has 33 heavy (non-hydrogen) atoms. The Morgan fingerprint density at radius 2 is 1.76 bits per heavy atom. The van der Waals surface area contributed by atoms with E-state index in [1.165, 1.54) is 0 Å². The standard InChI is InChI=1S/C26H30N4O3/c1-3-33-26(32)20-12-9-15-30(16-20)17-23(31)29-25-24(19-10-5-4-6-11-19)18(2)27-21-13-7-8-14-22(21)28-25/h4-8,10-11,13-14,20,24H,3,9,12,15-17H2,1-2H3,(H,28,29,31)/t20-,24+/m1/s1. The van der Waals surface area contributed by atoms with Gasteiger partial charge in [0.05, 0.1) is 36.4 Å². The number of hydrogen-bond donors (Lipinski definition) is 1. The second kappa shape index (κ2) is 10.5. The first kappa shape index (κ1) is 22.9. The Morgan fingerprint density at radius 3 is 2.48 bits per heavy atom. The van der Waals surface area contributed by atoms with Gasteiger partial charge in [0.1, 0.15) is 5.84 Å². The number of amidine groups is 1. The number of benzene rings is 2. The van der Waals surface area contributed by atoms with Gasteiger partial charge >= 0.3 is 5.97 Å². The third-order valence-corrected chi connectivity index (χ3v) is 6.00. The lowest BCUT2D eigenvalue weighted by atomic mass is 9.93. The predicted molar refractivity (Wildman–Crippen MR) is 129 cm³/mol. The maximum absolute atomic E-state index is 13.1. The molecule has 0 bridgehead atoms. The molecule has 7 heteroatoms. The highest BCUT2D eigenvalue weighted by Crippen LogP contribution is 2.34. The smallest absolute Gasteiger partial charge is 0.310 e. The maximum atomic E-state index is 13.1. The number of carbonyl (C=O) groups is 2. The van der Waals surface area contributed by atoms with E-state index in [1.54, 1.807) is 0 Å². The van der Waals surface area contributed by atoms with Gasteiger partial charge in [-0.3, -0.25) is 19.5 Å². The summed E-state index contributed by atoms with van der Waals surface area (Å²) in [5.74, 6) is -0.192. The molecule has 1 saturated heterocycles. The van der Waals surface area contributed by atoms with Crippen LogP contribution in [0, 0.1) is 5.92 Å². The molecule has 0 aromatic heterocycles. The first-order valence-corrected chi connectivity index (χ1v) is 11.5. The van der Waals surface area contributed by atoms with Crippen molar-refractivity contribution in [3.8, 4) is 0 Å². The van der Waals surface area contributed by atoms with Gasteiger partial charge in [0.2, 0.25) is 5.91 Å². The molecule has 2 aromatic rings. The summed E-state index contributed by atoms with van der Waals surface area (Å²) in [6.07, 6.45) is 1.66. The number of para-hydroxylation sites is 2. The Bertz CT molecular complexity index is 1060. The fraction of sp³-hybridized carbons (Fsp3) is 0.385. The second-order valence-electron chi connectivity index (χ2n) is 8.46. The molecule has 0 spiro atoms. The van der Waals surface area contributed by atoms with E-state index >= 15 is 0 Å². The van der Waals surface area contributed by atoms with Crippen LogP contribution in [0.2, 0.25) is 0 Å². The van der Waals surface area contributed by atoms with E-state index in [2.05, 4.69) is 5.32 Å². The summed E-state index contributed by atoms with van der Waals surface area (Å²) in [4.78, 5) is 36.9. The van der Waals surface area contributed by atoms with Crippen molar-refractivity contribution >= 4 is 34.8 Å². The second-order valence-corrected chi connectivity index (χ2v) is 8.46. The fourth-order valence-electron chi connectivity index (χ4n) is 4.48. The SMILES string of the molecule is CCOC(=O)[C@@H]1CCCN(CC(=O)NC2=Nc3ccccc3N=C(C)[C@H]2c2ccccc2)C1. The zero-order chi connectivity index (χ0) is 23.2. The summed E-state index contributed by atoms with van der Waals surface area (Å²) in [5, 5.41) is 3.07. The van der Waals surface area contributed by atoms with Crippen LogP contribution in [-0.4, -0.2) is 54.6 Å². The van der Waals surface area contributed by atoms with Crippen molar-refractivity contribution in [2.45, 2.75) is 32.6 Å². The Balaban J connectivity index is 1.54. The zero-order valence-corrected chi connectivity index (χ0v) is 19.2. The number of piperidine rings is 1. The van der Waals surface area contributed by atoms with Crippen molar-refractivity contribution in [3.05, 3.63) is 60.2 Å². The topological polar surface area (TPSA) is 83.4 Å². The van der Waals surface area contributed by atoms with Crippen LogP contribution in [0.15, 0.2) is 64.6 Å². The monoisotopic (exact) mass is 446 g/mol. The molecule has 0 radical (unpaired) electrons. The number of amides is 1. The summed E-state index contributed by atoms with van der Waals surface area (Å²) in [7, 11) is 0. The van der Waals surface area contributed by atoms with Crippen LogP contribution in [-0.2, 0) is 14.3 Å². The van der Waals surface area contributed by atoms with Gasteiger partial charge in [-0.15, -0.1) is 0 Å². The summed E-state index contributed by atoms with van der Waals surface area (Å²) < 4.78 is 5.18. The molecule has 2 aromatic carbocycles. The van der Waals surface area contributed by atoms with Crippen LogP contribution < -0.4 is 5.32 Å². The average Bonchev–Trinajstić information content (AvgIpc) is 2.95. The molecule has 7 nitrogen and oxygen atoms in total. The van der Waals surface area contributed by atoms with E-state index in [0.29, 0.717) is 19.0 Å². The molecule has 0 unspecified atom stereocenters. The van der Waals surface area contributed by atoms with Gasteiger partial charge in [-0.1, -0.05) is 42.5 Å². The lowest BCUT2D eigenvalue weighted by Crippen LogP contribution is -2.47. The highest BCUT2D eigenvalue weighted by atomic mass is 16.5. The largest absolute Gasteiger partial charge is 0.466 e. The summed E-state index contributed by atoms with van der Waals surface area (Å²) in [5.41, 5.74) is 3.40. The number of fused-ring (bicyclic) bond motifs is 1. The average molecular weight is 447 g/mol. The Hall–Kier alpha value is -3.32. The van der Waals surface area contributed by atoms with E-state index in [-0.39, 0.29) is 30.3 Å². The minimum absolute atomic E-state index is 0.147. The summed E-state index contributed by atoms with van der Waals surface area (Å²) >= 11 is 0. The zero-order valence-electron chi connectivity index (χ0n) is 19.2. The highest BCUT2D eigenvalue weighted by Gasteiger charge is 2.30. The molecule has 1 fully saturated rings. The van der Waals surface area contributed by atoms with Gasteiger partial charge in [-0.2, -0.15) is 0 Å². The van der Waals surface area contributed by atoms with Crippen LogP contribution in [0.3, 0.4) is 0 Å². The molecule has 2 heterocycles. The van der Waals surface area contributed by atoms with Crippen LogP contribution in [0.1, 0.15) is 38.2 Å². The van der Waals surface area contributed by atoms with Crippen LogP contribution >= 0.6 is 0 Å². The number of nitrogens with one attached hydrogen (secondary N) is 1. The number of rotatable bonds is 5. The molecule has 1 N–H and O–H groups in total. The van der Waals surface area contributed by atoms with Gasteiger partial charge in [0.25, 0.3) is 0 Å². The molecule has 4 rings (SSSR count). The van der Waals surface area contributed by atoms with Gasteiger partial charge in [0, 0.05) is 12.3 Å². The number of esters is 1. The molecule has 0 saturated carbocycles. The Kier molecular flexibility index (Phi) is 7.29. The summed E-state index contributed by atoms with van der Waals surface area (Å²) in [6, 6.07) is 17.6. The van der Waals surface area contributed by atoms with Crippen molar-refractivity contribution in [2.24, 2.45) is 15.9 Å². The normalized spacial score (nSPS) is 20.7. The third-order valence-electron chi connectivity index (χ3n) is 6.00. The van der Waals surface area contributed by atoms with Crippen LogP contribution in [0.5, 0.6) is 0 Å². The number of carbonyl (C=O) groups excluding carboxylic acids is 2. The molecule has 172 valence electrons. The minimum atomic E-state index is -0.254. The van der Waals surface area contributed by atoms with Gasteiger partial charge < -0.3 is 10.1 Å². The van der Waals surface area contributed by atoms with Crippen LogP contribution in [0.4, 0.5) is 11.4 Å². The van der Waals surface area contributed by atoms with Crippen molar-refractivity contribution in [1.29, 1.82) is 0 Å². The van der Waals surface area contributed by atoms with E-state index in [9.17, 15) is 9.59 Å². The van der Waals surface area contributed by atoms with E-state index < -0.39 is 0 Å². The quantitative estimate of drug-likeness (QED) is 0.704. The number of hydrogen-bond acceptors (Lipinski definition) is 6. The van der Waals surface area contributed by atoms with Gasteiger partial charge in [0.15, 0.2) is 0 Å². The lowest BCUT2D eigenvalue weighted by molar-refractivity contribution is -0.150. The number of ether oxygens (including phenoxy) is 1. The molecule has 0 aliphatic carbocycles. The summed E-state index contributed by atoms with van der Waals surface area (Å²) in [6.45, 7) is 5.67. The predicted octanol–water partition coefficient (Wildman–Crippen LogP) is 4.00. The molecule has 2 aliphatic rings. The van der Waals surface area contributed by atoms with Crippen molar-refractivity contribution < 1.29 is 14.3 Å². The molecular weight excluding hydrogens is 416 g/mol. The van der Waals surface area contributed by atoms with Crippen molar-refractivity contribution in [1.82, 2.24) is 10.2 Å². The van der Waals surface area contributed by atoms with Crippen LogP contribution in [0.25, 0.3) is 0 Å². The minimum Gasteiger partial charge on any atom is -0.466 e. The molecular formula is C26H30N4O3. The number of nitrogens with zero attached hydrogens (tertiary/aromatic N) is 3. The van der Waals surface area contributed by atoms with Crippen molar-refractivity contribution in [2.75, 3.05) is 26.2 Å². The lowest BCUT2D eigenvalue weighted by Gasteiger charge is -2.31. The van der Waals surface area contributed by atoms with Gasteiger partial charge in [-0.05, 0) is 50.9 Å². The molecule has 1 amide bonds. The molecule has 2 aliphatic heterocycles. The van der Waals surface area contributed by atoms with E-state index in [1.807, 2.05) is 73.3 Å². The Morgan fingerprint density at radius 1 is 1.06 bits per heavy atom. The first-order chi connectivity index (χ1) is 16.0. The third kappa shape index (κ3) is 5.54.